The van der Waals surface area contributed by atoms with Crippen molar-refractivity contribution in [1.82, 2.24) is 25.4 Å². The highest BCUT2D eigenvalue weighted by Crippen LogP contribution is 2.26. The molecule has 2 heterocycles. The Kier molecular flexibility index (Phi) is 4.24. The minimum atomic E-state index is 0.586. The lowest BCUT2D eigenvalue weighted by atomic mass is 10.3. The van der Waals surface area contributed by atoms with Gasteiger partial charge in [0.1, 0.15) is 11.5 Å². The summed E-state index contributed by atoms with van der Waals surface area (Å²) in [6.45, 7) is 5.04. The number of rotatable bonds is 5. The van der Waals surface area contributed by atoms with Gasteiger partial charge in [-0.15, -0.1) is 0 Å². The molecule has 0 radical (unpaired) electrons. The molecule has 0 saturated heterocycles. The molecular weight excluding hydrogens is 296 g/mol. The minimum absolute atomic E-state index is 0.586. The van der Waals surface area contributed by atoms with Gasteiger partial charge in [0.2, 0.25) is 0 Å². The predicted octanol–water partition coefficient (Wildman–Crippen LogP) is 2.41. The van der Waals surface area contributed by atoms with Gasteiger partial charge >= 0.3 is 0 Å². The zero-order valence-electron chi connectivity index (χ0n) is 10.4. The second-order valence-electron chi connectivity index (χ2n) is 3.79. The molecule has 0 amide bonds. The highest BCUT2D eigenvalue weighted by Gasteiger charge is 2.13. The molecule has 2 rings (SSSR count). The fourth-order valence-corrected chi connectivity index (χ4v) is 2.11. The second-order valence-corrected chi connectivity index (χ2v) is 4.59. The summed E-state index contributed by atoms with van der Waals surface area (Å²) in [7, 11) is 0. The van der Waals surface area contributed by atoms with Crippen LogP contribution >= 0.6 is 15.9 Å². The highest BCUT2D eigenvalue weighted by atomic mass is 79.9. The first-order valence-electron chi connectivity index (χ1n) is 5.92. The fourth-order valence-electron chi connectivity index (χ4n) is 1.51. The van der Waals surface area contributed by atoms with Gasteiger partial charge < -0.3 is 5.32 Å². The van der Waals surface area contributed by atoms with Crippen LogP contribution in [0.2, 0.25) is 0 Å². The van der Waals surface area contributed by atoms with Gasteiger partial charge in [-0.1, -0.05) is 13.8 Å². The second kappa shape index (κ2) is 5.90. The highest BCUT2D eigenvalue weighted by molar-refractivity contribution is 9.10. The molecule has 18 heavy (non-hydrogen) atoms. The van der Waals surface area contributed by atoms with Gasteiger partial charge in [0, 0.05) is 6.54 Å². The van der Waals surface area contributed by atoms with E-state index in [0.29, 0.717) is 11.5 Å². The maximum atomic E-state index is 4.48. The number of aromatic amines is 1. The molecule has 0 unspecified atom stereocenters. The Morgan fingerprint density at radius 1 is 1.33 bits per heavy atom. The van der Waals surface area contributed by atoms with Gasteiger partial charge in [0.15, 0.2) is 5.82 Å². The van der Waals surface area contributed by atoms with E-state index in [1.807, 2.05) is 0 Å². The van der Waals surface area contributed by atoms with E-state index >= 15 is 0 Å². The SMILES string of the molecule is CCCNc1nc(-c2cn[nH]n2)nc(CC)c1Br. The van der Waals surface area contributed by atoms with Crippen molar-refractivity contribution in [2.75, 3.05) is 11.9 Å². The van der Waals surface area contributed by atoms with E-state index < -0.39 is 0 Å². The third kappa shape index (κ3) is 2.66. The van der Waals surface area contributed by atoms with Crippen molar-refractivity contribution >= 4 is 21.7 Å². The van der Waals surface area contributed by atoms with Crippen molar-refractivity contribution in [3.8, 4) is 11.5 Å². The topological polar surface area (TPSA) is 79.4 Å². The third-order valence-electron chi connectivity index (χ3n) is 2.44. The molecule has 2 N–H and O–H groups in total. The molecule has 7 heteroatoms. The zero-order chi connectivity index (χ0) is 13.0. The largest absolute Gasteiger partial charge is 0.369 e. The van der Waals surface area contributed by atoms with E-state index in [4.69, 9.17) is 0 Å². The van der Waals surface area contributed by atoms with Crippen LogP contribution in [0.3, 0.4) is 0 Å². The summed E-state index contributed by atoms with van der Waals surface area (Å²) in [4.78, 5) is 8.95. The first-order valence-corrected chi connectivity index (χ1v) is 6.72. The number of anilines is 1. The van der Waals surface area contributed by atoms with Gasteiger partial charge in [-0.3, -0.25) is 0 Å². The Morgan fingerprint density at radius 3 is 2.78 bits per heavy atom. The fraction of sp³-hybridized carbons (Fsp3) is 0.455. The van der Waals surface area contributed by atoms with Crippen LogP contribution < -0.4 is 5.32 Å². The summed E-state index contributed by atoms with van der Waals surface area (Å²) >= 11 is 3.54. The molecule has 0 aliphatic carbocycles. The average molecular weight is 311 g/mol. The number of aromatic nitrogens is 5. The van der Waals surface area contributed by atoms with Crippen molar-refractivity contribution in [2.24, 2.45) is 0 Å². The first kappa shape index (κ1) is 12.9. The zero-order valence-corrected chi connectivity index (χ0v) is 12.0. The lowest BCUT2D eigenvalue weighted by Gasteiger charge is -2.10. The molecule has 0 aliphatic rings. The maximum Gasteiger partial charge on any atom is 0.184 e. The Balaban J connectivity index is 2.42. The number of halogens is 1. The average Bonchev–Trinajstić information content (AvgIpc) is 2.91. The molecule has 0 spiro atoms. The summed E-state index contributed by atoms with van der Waals surface area (Å²) in [5.41, 5.74) is 1.61. The molecule has 6 nitrogen and oxygen atoms in total. The summed E-state index contributed by atoms with van der Waals surface area (Å²) in [5.74, 6) is 1.39. The molecule has 0 bridgehead atoms. The van der Waals surface area contributed by atoms with Crippen LogP contribution in [0.15, 0.2) is 10.7 Å². The van der Waals surface area contributed by atoms with Crippen LogP contribution in [-0.2, 0) is 6.42 Å². The van der Waals surface area contributed by atoms with Crippen LogP contribution in [0.1, 0.15) is 26.0 Å². The van der Waals surface area contributed by atoms with Crippen molar-refractivity contribution < 1.29 is 0 Å². The molecule has 0 saturated carbocycles. The van der Waals surface area contributed by atoms with Crippen LogP contribution in [0.4, 0.5) is 5.82 Å². The number of hydrogen-bond acceptors (Lipinski definition) is 5. The lowest BCUT2D eigenvalue weighted by Crippen LogP contribution is -2.07. The first-order chi connectivity index (χ1) is 8.76. The smallest absolute Gasteiger partial charge is 0.184 e. The monoisotopic (exact) mass is 310 g/mol. The number of nitrogens with one attached hydrogen (secondary N) is 2. The Morgan fingerprint density at radius 2 is 2.17 bits per heavy atom. The van der Waals surface area contributed by atoms with E-state index in [1.54, 1.807) is 6.20 Å². The summed E-state index contributed by atoms with van der Waals surface area (Å²) in [6, 6.07) is 0. The van der Waals surface area contributed by atoms with Gasteiger partial charge in [0.25, 0.3) is 0 Å². The summed E-state index contributed by atoms with van der Waals surface area (Å²) in [6.07, 6.45) is 3.48. The van der Waals surface area contributed by atoms with E-state index in [2.05, 4.69) is 60.5 Å². The molecule has 2 aromatic rings. The third-order valence-corrected chi connectivity index (χ3v) is 3.27. The van der Waals surface area contributed by atoms with Crippen LogP contribution in [0, 0.1) is 0 Å². The maximum absolute atomic E-state index is 4.48. The van der Waals surface area contributed by atoms with Gasteiger partial charge in [0.05, 0.1) is 16.4 Å². The quantitative estimate of drug-likeness (QED) is 0.886. The van der Waals surface area contributed by atoms with Crippen molar-refractivity contribution in [2.45, 2.75) is 26.7 Å². The molecule has 0 fully saturated rings. The van der Waals surface area contributed by atoms with Crippen LogP contribution in [0.25, 0.3) is 11.5 Å². The van der Waals surface area contributed by atoms with Gasteiger partial charge in [-0.25, -0.2) is 9.97 Å². The predicted molar refractivity (Wildman–Crippen MR) is 73.3 cm³/mol. The Bertz CT molecular complexity index is 511. The number of H-pyrrole nitrogens is 1. The van der Waals surface area contributed by atoms with Crippen molar-refractivity contribution in [3.05, 3.63) is 16.4 Å². The summed E-state index contributed by atoms with van der Waals surface area (Å²) < 4.78 is 0.922. The van der Waals surface area contributed by atoms with Crippen molar-refractivity contribution in [1.29, 1.82) is 0 Å². The summed E-state index contributed by atoms with van der Waals surface area (Å²) in [5, 5.41) is 13.6. The standard InChI is InChI=1S/C11H15BrN6/c1-3-5-13-11-9(12)7(4-2)15-10(16-11)8-6-14-18-17-8/h6H,3-5H2,1-2H3,(H,13,15,16)(H,14,17,18). The lowest BCUT2D eigenvalue weighted by molar-refractivity contribution is 0.925. The van der Waals surface area contributed by atoms with Gasteiger partial charge in [-0.05, 0) is 28.8 Å². The van der Waals surface area contributed by atoms with Crippen molar-refractivity contribution in [3.63, 3.8) is 0 Å². The molecule has 2 aromatic heterocycles. The van der Waals surface area contributed by atoms with Crippen LogP contribution in [0.5, 0.6) is 0 Å². The van der Waals surface area contributed by atoms with Crippen LogP contribution in [-0.4, -0.2) is 31.9 Å². The molecular formula is C11H15BrN6. The van der Waals surface area contributed by atoms with Gasteiger partial charge in [-0.2, -0.15) is 15.4 Å². The normalized spacial score (nSPS) is 10.6. The molecule has 0 atom stereocenters. The van der Waals surface area contributed by atoms with E-state index in [0.717, 1.165) is 35.4 Å². The minimum Gasteiger partial charge on any atom is -0.369 e. The Hall–Kier alpha value is -1.50. The van der Waals surface area contributed by atoms with E-state index in [1.165, 1.54) is 0 Å². The van der Waals surface area contributed by atoms with E-state index in [-0.39, 0.29) is 0 Å². The van der Waals surface area contributed by atoms with E-state index in [9.17, 15) is 0 Å². The molecule has 0 aliphatic heterocycles. The Labute approximate surface area is 114 Å². The number of hydrogen-bond donors (Lipinski definition) is 2. The molecule has 0 aromatic carbocycles. The number of nitrogens with zero attached hydrogens (tertiary/aromatic N) is 4. The number of aryl methyl sites for hydroxylation is 1. The molecule has 96 valence electrons.